The molecule has 0 aliphatic carbocycles. The molecule has 1 amide bonds. The highest BCUT2D eigenvalue weighted by molar-refractivity contribution is 5.98. The maximum Gasteiger partial charge on any atom is 0.276 e. The summed E-state index contributed by atoms with van der Waals surface area (Å²) in [4.78, 5) is 56.7. The molecule has 3 atom stereocenters. The van der Waals surface area contributed by atoms with Crippen LogP contribution in [0, 0.1) is 6.92 Å². The highest BCUT2D eigenvalue weighted by Gasteiger charge is 2.29. The van der Waals surface area contributed by atoms with E-state index >= 15 is 0 Å². The molecule has 0 fully saturated rings. The molecule has 0 bridgehead atoms. The van der Waals surface area contributed by atoms with Crippen molar-refractivity contribution in [1.82, 2.24) is 15.3 Å². The quantitative estimate of drug-likeness (QED) is 0.431. The second-order valence-corrected chi connectivity index (χ2v) is 8.44. The summed E-state index contributed by atoms with van der Waals surface area (Å²) in [6.07, 6.45) is -2.22. The second kappa shape index (κ2) is 10.4. The zero-order chi connectivity index (χ0) is 25.0. The molecular weight excluding hydrogens is 442 g/mol. The number of carbonyl (C=O) groups excluding carboxylic acids is 3. The number of benzene rings is 1. The largest absolute Gasteiger partial charge is 0.383 e. The maximum atomic E-state index is 14.3. The lowest BCUT2D eigenvalue weighted by atomic mass is 10.0. The molecule has 1 aromatic carbocycles. The summed E-state index contributed by atoms with van der Waals surface area (Å²) in [6.45, 7) is 5.23. The van der Waals surface area contributed by atoms with Gasteiger partial charge in [0.05, 0.1) is 6.04 Å². The highest BCUT2D eigenvalue weighted by Crippen LogP contribution is 2.24. The Morgan fingerprint density at radius 3 is 2.53 bits per heavy atom. The zero-order valence-corrected chi connectivity index (χ0v) is 19.6. The number of anilines is 3. The molecule has 182 valence electrons. The average molecular weight is 472 g/mol. The average Bonchev–Trinajstić information content (AvgIpc) is 2.76. The van der Waals surface area contributed by atoms with E-state index in [9.17, 15) is 23.6 Å². The number of rotatable bonds is 9. The minimum Gasteiger partial charge on any atom is -0.383 e. The molecule has 2 unspecified atom stereocenters. The SMILES string of the molecule is CC(=O)CC([18F])[C@@H](NC(=O)c1ccc(NCC2CNc3nc(C)[nH]c(=O)c3N2C)cc1)C(C)=O. The van der Waals surface area contributed by atoms with E-state index in [1.54, 1.807) is 31.2 Å². The lowest BCUT2D eigenvalue weighted by Gasteiger charge is -2.35. The van der Waals surface area contributed by atoms with Crippen LogP contribution in [0.25, 0.3) is 0 Å². The van der Waals surface area contributed by atoms with E-state index in [0.29, 0.717) is 30.4 Å². The molecule has 1 aliphatic heterocycles. The van der Waals surface area contributed by atoms with E-state index in [1.165, 1.54) is 13.8 Å². The molecule has 10 nitrogen and oxygen atoms in total. The number of aryl methyl sites for hydroxylation is 1. The molecule has 2 aromatic rings. The molecular formula is C23H29FN6O4. The van der Waals surface area contributed by atoms with Gasteiger partial charge >= 0.3 is 0 Å². The molecule has 3 rings (SSSR count). The van der Waals surface area contributed by atoms with Gasteiger partial charge in [0.1, 0.15) is 29.5 Å². The number of amides is 1. The van der Waals surface area contributed by atoms with Gasteiger partial charge in [0.25, 0.3) is 11.5 Å². The first-order valence-corrected chi connectivity index (χ1v) is 10.9. The number of nitrogens with one attached hydrogen (secondary N) is 4. The Morgan fingerprint density at radius 2 is 1.91 bits per heavy atom. The van der Waals surface area contributed by atoms with Gasteiger partial charge in [-0.3, -0.25) is 19.2 Å². The van der Waals surface area contributed by atoms with Gasteiger partial charge in [0.15, 0.2) is 11.6 Å². The fraction of sp³-hybridized carbons (Fsp3) is 0.435. The third kappa shape index (κ3) is 5.77. The highest BCUT2D eigenvalue weighted by atomic mass is 18.2. The zero-order valence-electron chi connectivity index (χ0n) is 19.6. The summed E-state index contributed by atoms with van der Waals surface area (Å²) in [5, 5.41) is 8.84. The monoisotopic (exact) mass is 471 g/mol. The Balaban J connectivity index is 1.60. The topological polar surface area (TPSA) is 136 Å². The van der Waals surface area contributed by atoms with Crippen LogP contribution in [0.2, 0.25) is 0 Å². The number of nitrogens with zero attached hydrogens (tertiary/aromatic N) is 2. The number of fused-ring (bicyclic) bond motifs is 1. The van der Waals surface area contributed by atoms with Crippen LogP contribution >= 0.6 is 0 Å². The molecule has 1 aromatic heterocycles. The van der Waals surface area contributed by atoms with Crippen molar-refractivity contribution >= 4 is 34.7 Å². The minimum absolute atomic E-state index is 0.0276. The van der Waals surface area contributed by atoms with Gasteiger partial charge in [-0.25, -0.2) is 9.37 Å². The van der Waals surface area contributed by atoms with Gasteiger partial charge in [-0.1, -0.05) is 0 Å². The van der Waals surface area contributed by atoms with Gasteiger partial charge in [-0.05, 0) is 45.0 Å². The van der Waals surface area contributed by atoms with E-state index in [0.717, 1.165) is 5.69 Å². The Labute approximate surface area is 196 Å². The fourth-order valence-electron chi connectivity index (χ4n) is 3.81. The molecule has 0 spiro atoms. The standard InChI is InChI=1S/C23H29FN6O4/c1-12(31)9-18(24)19(13(2)32)29-22(33)15-5-7-16(8-6-15)25-10-17-11-26-21-20(30(17)4)23(34)28-14(3)27-21/h5-8,17-19,25H,9-11H2,1-4H3,(H,29,33)(H2,26,27,28,34)/t17?,18?,19-/m0/s1/i24-1. The molecule has 0 saturated carbocycles. The van der Waals surface area contributed by atoms with E-state index in [4.69, 9.17) is 0 Å². The molecule has 2 heterocycles. The van der Waals surface area contributed by atoms with E-state index in [-0.39, 0.29) is 17.2 Å². The molecule has 34 heavy (non-hydrogen) atoms. The van der Waals surface area contributed by atoms with Crippen LogP contribution in [0.3, 0.4) is 0 Å². The summed E-state index contributed by atoms with van der Waals surface area (Å²) in [6, 6.07) is 5.10. The van der Waals surface area contributed by atoms with Crippen LogP contribution in [0.4, 0.5) is 21.6 Å². The Morgan fingerprint density at radius 1 is 1.24 bits per heavy atom. The maximum absolute atomic E-state index is 14.3. The van der Waals surface area contributed by atoms with Crippen LogP contribution in [-0.4, -0.2) is 65.8 Å². The van der Waals surface area contributed by atoms with Crippen molar-refractivity contribution in [1.29, 1.82) is 0 Å². The third-order valence-electron chi connectivity index (χ3n) is 5.68. The number of hydrogen-bond acceptors (Lipinski definition) is 8. The van der Waals surface area contributed by atoms with Gasteiger partial charge in [-0.2, -0.15) is 0 Å². The number of H-pyrrole nitrogens is 1. The lowest BCUT2D eigenvalue weighted by Crippen LogP contribution is -2.48. The van der Waals surface area contributed by atoms with Crippen molar-refractivity contribution in [2.75, 3.05) is 35.7 Å². The summed E-state index contributed by atoms with van der Waals surface area (Å²) in [5.74, 6) is -0.468. The molecule has 4 N–H and O–H groups in total. The lowest BCUT2D eigenvalue weighted by molar-refractivity contribution is -0.122. The van der Waals surface area contributed by atoms with Crippen molar-refractivity contribution in [3.05, 3.63) is 46.0 Å². The number of aromatic amines is 1. The number of halogens is 1. The van der Waals surface area contributed by atoms with Crippen LogP contribution in [0.15, 0.2) is 29.1 Å². The predicted molar refractivity (Wildman–Crippen MR) is 127 cm³/mol. The van der Waals surface area contributed by atoms with Crippen LogP contribution < -0.4 is 26.4 Å². The normalized spacial score (nSPS) is 16.6. The molecule has 1 aliphatic rings. The van der Waals surface area contributed by atoms with E-state index < -0.39 is 36.1 Å². The molecule has 11 heteroatoms. The summed E-state index contributed by atoms with van der Waals surface area (Å²) < 4.78 is 14.3. The van der Waals surface area contributed by atoms with Gasteiger partial charge < -0.3 is 25.8 Å². The Hall–Kier alpha value is -3.76. The number of likely N-dealkylation sites (N-methyl/N-ethyl adjacent to an activating group) is 1. The second-order valence-electron chi connectivity index (χ2n) is 8.44. The van der Waals surface area contributed by atoms with Crippen molar-refractivity contribution in [2.45, 2.75) is 45.4 Å². The van der Waals surface area contributed by atoms with Gasteiger partial charge in [0, 0.05) is 37.8 Å². The molecule has 0 saturated heterocycles. The van der Waals surface area contributed by atoms with Crippen molar-refractivity contribution in [3.63, 3.8) is 0 Å². The number of ketones is 2. The smallest absolute Gasteiger partial charge is 0.276 e. The summed E-state index contributed by atoms with van der Waals surface area (Å²) in [7, 11) is 1.83. The Kier molecular flexibility index (Phi) is 7.64. The number of aromatic nitrogens is 2. The van der Waals surface area contributed by atoms with Crippen LogP contribution in [0.5, 0.6) is 0 Å². The van der Waals surface area contributed by atoms with Crippen molar-refractivity contribution in [3.8, 4) is 0 Å². The first-order chi connectivity index (χ1) is 16.1. The van der Waals surface area contributed by atoms with E-state index in [1.807, 2.05) is 11.9 Å². The number of Topliss-reactive ketones (excluding diaryl/α,β-unsaturated/α-hetero) is 2. The number of alkyl halides is 1. The third-order valence-corrected chi connectivity index (χ3v) is 5.68. The first kappa shape index (κ1) is 24.9. The summed E-state index contributed by atoms with van der Waals surface area (Å²) >= 11 is 0. The van der Waals surface area contributed by atoms with Crippen LogP contribution in [-0.2, 0) is 9.59 Å². The van der Waals surface area contributed by atoms with Gasteiger partial charge in [-0.15, -0.1) is 0 Å². The van der Waals surface area contributed by atoms with E-state index in [2.05, 4.69) is 25.9 Å². The van der Waals surface area contributed by atoms with Crippen LogP contribution in [0.1, 0.15) is 36.5 Å². The first-order valence-electron chi connectivity index (χ1n) is 10.9. The fourth-order valence-corrected chi connectivity index (χ4v) is 3.81. The Bertz CT molecular complexity index is 1130. The minimum atomic E-state index is -1.78. The van der Waals surface area contributed by atoms with Crippen molar-refractivity contribution < 1.29 is 18.8 Å². The summed E-state index contributed by atoms with van der Waals surface area (Å²) in [5.41, 5.74) is 1.27. The molecule has 0 radical (unpaired) electrons. The van der Waals surface area contributed by atoms with Crippen molar-refractivity contribution in [2.24, 2.45) is 0 Å². The van der Waals surface area contributed by atoms with Gasteiger partial charge in [0.2, 0.25) is 0 Å². The predicted octanol–water partition coefficient (Wildman–Crippen LogP) is 1.43. The number of hydrogen-bond donors (Lipinski definition) is 4. The number of carbonyl (C=O) groups is 3.